The Hall–Kier alpha value is -5.42. The SMILES string of the molecule is CC1(C)c2ccccc2-c2ccc3nc4n(c5cccc6c5n4c4nc5c7ccccc7c7ccccc7c5n64)c3c21. The Morgan fingerprint density at radius 2 is 1.14 bits per heavy atom. The largest absolute Gasteiger partial charge is 0.275 e. The van der Waals surface area contributed by atoms with Gasteiger partial charge in [-0.2, -0.15) is 0 Å². The maximum Gasteiger partial charge on any atom is 0.223 e. The topological polar surface area (TPSA) is 39.0 Å². The van der Waals surface area contributed by atoms with Gasteiger partial charge in [0.15, 0.2) is 0 Å². The van der Waals surface area contributed by atoms with Crippen molar-refractivity contribution < 1.29 is 0 Å². The number of imidazole rings is 4. The van der Waals surface area contributed by atoms with Crippen molar-refractivity contribution in [3.8, 4) is 11.1 Å². The van der Waals surface area contributed by atoms with Crippen LogP contribution in [0.15, 0.2) is 103 Å². The second-order valence-electron chi connectivity index (χ2n) is 12.3. The Morgan fingerprint density at radius 3 is 1.95 bits per heavy atom. The van der Waals surface area contributed by atoms with Gasteiger partial charge in [0.1, 0.15) is 5.52 Å². The molecular formula is C37H23N5. The molecule has 1 aliphatic rings. The molecule has 0 spiro atoms. The number of rotatable bonds is 0. The Bertz CT molecular complexity index is 2820. The van der Waals surface area contributed by atoms with Gasteiger partial charge < -0.3 is 0 Å². The van der Waals surface area contributed by atoms with Crippen LogP contribution >= 0.6 is 0 Å². The molecule has 0 amide bonds. The van der Waals surface area contributed by atoms with E-state index in [9.17, 15) is 0 Å². The molecule has 0 radical (unpaired) electrons. The summed E-state index contributed by atoms with van der Waals surface area (Å²) in [5.74, 6) is 1.82. The van der Waals surface area contributed by atoms with Gasteiger partial charge in [0.25, 0.3) is 0 Å². The van der Waals surface area contributed by atoms with E-state index in [1.54, 1.807) is 0 Å². The summed E-state index contributed by atoms with van der Waals surface area (Å²) >= 11 is 0. The van der Waals surface area contributed by atoms with Crippen LogP contribution in [0.25, 0.3) is 82.8 Å². The van der Waals surface area contributed by atoms with E-state index in [1.165, 1.54) is 49.3 Å². The zero-order valence-corrected chi connectivity index (χ0v) is 23.1. The maximum absolute atomic E-state index is 5.41. The molecular weight excluding hydrogens is 514 g/mol. The monoisotopic (exact) mass is 537 g/mol. The van der Waals surface area contributed by atoms with Gasteiger partial charge in [-0.1, -0.05) is 98.8 Å². The van der Waals surface area contributed by atoms with Crippen molar-refractivity contribution >= 4 is 71.7 Å². The van der Waals surface area contributed by atoms with Gasteiger partial charge in [0.2, 0.25) is 11.6 Å². The van der Waals surface area contributed by atoms with E-state index in [2.05, 4.69) is 130 Å². The third-order valence-corrected chi connectivity index (χ3v) is 9.93. The molecule has 0 saturated carbocycles. The summed E-state index contributed by atoms with van der Waals surface area (Å²) in [6, 6.07) is 37.3. The van der Waals surface area contributed by atoms with Crippen LogP contribution in [-0.2, 0) is 5.41 Å². The van der Waals surface area contributed by atoms with Crippen LogP contribution in [0.1, 0.15) is 25.0 Å². The molecule has 0 fully saturated rings. The third-order valence-electron chi connectivity index (χ3n) is 9.93. The molecule has 196 valence electrons. The predicted octanol–water partition coefficient (Wildman–Crippen LogP) is 8.74. The highest BCUT2D eigenvalue weighted by molar-refractivity contribution is 6.25. The fourth-order valence-corrected chi connectivity index (χ4v) is 8.26. The number of para-hydroxylation sites is 1. The lowest BCUT2D eigenvalue weighted by Crippen LogP contribution is -2.16. The van der Waals surface area contributed by atoms with Crippen molar-refractivity contribution in [2.75, 3.05) is 0 Å². The number of hydrogen-bond donors (Lipinski definition) is 0. The number of fused-ring (bicyclic) bond motifs is 19. The zero-order chi connectivity index (χ0) is 27.5. The van der Waals surface area contributed by atoms with E-state index in [0.717, 1.165) is 44.7 Å². The first-order chi connectivity index (χ1) is 20.6. The number of hydrogen-bond acceptors (Lipinski definition) is 2. The lowest BCUT2D eigenvalue weighted by Gasteiger charge is -2.22. The van der Waals surface area contributed by atoms with Gasteiger partial charge in [-0.05, 0) is 51.2 Å². The molecule has 6 aromatic carbocycles. The third kappa shape index (κ3) is 2.15. The van der Waals surface area contributed by atoms with Gasteiger partial charge in [-0.25, -0.2) is 14.4 Å². The molecule has 0 atom stereocenters. The van der Waals surface area contributed by atoms with Gasteiger partial charge >= 0.3 is 0 Å². The van der Waals surface area contributed by atoms with E-state index in [0.29, 0.717) is 0 Å². The summed E-state index contributed by atoms with van der Waals surface area (Å²) in [5, 5.41) is 4.88. The van der Waals surface area contributed by atoms with E-state index in [4.69, 9.17) is 9.97 Å². The van der Waals surface area contributed by atoms with Crippen LogP contribution in [-0.4, -0.2) is 23.2 Å². The summed E-state index contributed by atoms with van der Waals surface area (Å²) in [7, 11) is 0. The Labute approximate surface area is 239 Å². The van der Waals surface area contributed by atoms with Crippen molar-refractivity contribution in [1.29, 1.82) is 0 Å². The normalized spacial score (nSPS) is 14.6. The van der Waals surface area contributed by atoms with Crippen molar-refractivity contribution in [3.05, 3.63) is 114 Å². The highest BCUT2D eigenvalue weighted by Gasteiger charge is 2.38. The molecule has 10 aromatic rings. The average molecular weight is 538 g/mol. The quantitative estimate of drug-likeness (QED) is 0.181. The molecule has 4 aromatic heterocycles. The Balaban J connectivity index is 1.39. The minimum absolute atomic E-state index is 0.136. The van der Waals surface area contributed by atoms with Gasteiger partial charge in [-0.3, -0.25) is 8.80 Å². The van der Waals surface area contributed by atoms with Crippen LogP contribution in [0.2, 0.25) is 0 Å². The maximum atomic E-state index is 5.41. The van der Waals surface area contributed by atoms with Gasteiger partial charge in [0.05, 0.1) is 33.1 Å². The van der Waals surface area contributed by atoms with E-state index < -0.39 is 0 Å². The number of nitrogens with zero attached hydrogens (tertiary/aromatic N) is 5. The van der Waals surface area contributed by atoms with E-state index in [-0.39, 0.29) is 5.41 Å². The molecule has 4 heterocycles. The second kappa shape index (κ2) is 6.72. The molecule has 5 heteroatoms. The summed E-state index contributed by atoms with van der Waals surface area (Å²) in [6.07, 6.45) is 0. The fourth-order valence-electron chi connectivity index (χ4n) is 8.26. The summed E-state index contributed by atoms with van der Waals surface area (Å²) < 4.78 is 7.03. The van der Waals surface area contributed by atoms with Crippen molar-refractivity contribution in [2.24, 2.45) is 0 Å². The first kappa shape index (κ1) is 21.3. The molecule has 11 rings (SSSR count). The number of benzene rings is 6. The molecule has 1 aliphatic carbocycles. The van der Waals surface area contributed by atoms with Crippen LogP contribution in [0.3, 0.4) is 0 Å². The first-order valence-electron chi connectivity index (χ1n) is 14.5. The smallest absolute Gasteiger partial charge is 0.223 e. The minimum Gasteiger partial charge on any atom is -0.275 e. The van der Waals surface area contributed by atoms with Crippen molar-refractivity contribution in [2.45, 2.75) is 19.3 Å². The Morgan fingerprint density at radius 1 is 0.500 bits per heavy atom. The van der Waals surface area contributed by atoms with Crippen LogP contribution < -0.4 is 0 Å². The molecule has 0 N–H and O–H groups in total. The highest BCUT2D eigenvalue weighted by Crippen LogP contribution is 2.52. The fraction of sp³-hybridized carbons (Fsp3) is 0.0811. The molecule has 42 heavy (non-hydrogen) atoms. The van der Waals surface area contributed by atoms with Gasteiger partial charge in [0, 0.05) is 16.2 Å². The predicted molar refractivity (Wildman–Crippen MR) is 171 cm³/mol. The average Bonchev–Trinajstić information content (AvgIpc) is 3.79. The molecule has 5 nitrogen and oxygen atoms in total. The van der Waals surface area contributed by atoms with E-state index >= 15 is 0 Å². The summed E-state index contributed by atoms with van der Waals surface area (Å²) in [5.41, 5.74) is 13.1. The Kier molecular flexibility index (Phi) is 3.41. The zero-order valence-electron chi connectivity index (χ0n) is 23.1. The molecule has 0 unspecified atom stereocenters. The lowest BCUT2D eigenvalue weighted by atomic mass is 9.82. The summed E-state index contributed by atoms with van der Waals surface area (Å²) in [4.78, 5) is 10.7. The van der Waals surface area contributed by atoms with Crippen molar-refractivity contribution in [1.82, 2.24) is 23.2 Å². The van der Waals surface area contributed by atoms with Crippen molar-refractivity contribution in [3.63, 3.8) is 0 Å². The molecule has 0 aliphatic heterocycles. The van der Waals surface area contributed by atoms with Crippen LogP contribution in [0, 0.1) is 0 Å². The second-order valence-corrected chi connectivity index (χ2v) is 12.3. The van der Waals surface area contributed by atoms with Crippen LogP contribution in [0.4, 0.5) is 0 Å². The summed E-state index contributed by atoms with van der Waals surface area (Å²) in [6.45, 7) is 4.70. The van der Waals surface area contributed by atoms with E-state index in [1.807, 2.05) is 0 Å². The molecule has 0 bridgehead atoms. The highest BCUT2D eigenvalue weighted by atomic mass is 15.3. The number of aromatic nitrogens is 5. The van der Waals surface area contributed by atoms with Gasteiger partial charge in [-0.15, -0.1) is 0 Å². The first-order valence-corrected chi connectivity index (χ1v) is 14.5. The standard InChI is InChI=1S/C37H23N5/c1-37(2)26-15-8-7-12-22(26)23-18-19-27-33(30(23)37)41-29-17-9-16-28-34(29)42(35(41)38-27)36-39-31-24-13-5-3-10-20(24)21-11-4-6-14-25(21)32(31)40(28)36/h3-19H,1-2H3. The lowest BCUT2D eigenvalue weighted by molar-refractivity contribution is 0.664. The minimum atomic E-state index is -0.136. The van der Waals surface area contributed by atoms with Crippen LogP contribution in [0.5, 0.6) is 0 Å². The molecule has 0 saturated heterocycles.